The maximum atomic E-state index is 11.4. The van der Waals surface area contributed by atoms with E-state index >= 15 is 0 Å². The Bertz CT molecular complexity index is 204. The Morgan fingerprint density at radius 2 is 2.13 bits per heavy atom. The van der Waals surface area contributed by atoms with Gasteiger partial charge in [0.15, 0.2) is 0 Å². The van der Waals surface area contributed by atoms with E-state index in [2.05, 4.69) is 5.32 Å². The zero-order valence-corrected chi connectivity index (χ0v) is 9.84. The molecule has 0 saturated carbocycles. The molecule has 1 atom stereocenters. The normalized spacial score (nSPS) is 21.7. The van der Waals surface area contributed by atoms with Crippen molar-refractivity contribution in [2.75, 3.05) is 19.8 Å². The number of carbonyl (C=O) groups is 1. The molecule has 1 aliphatic rings. The number of ether oxygens (including phenoxy) is 2. The lowest BCUT2D eigenvalue weighted by Gasteiger charge is -2.19. The molecule has 0 radical (unpaired) electrons. The van der Waals surface area contributed by atoms with Crippen molar-refractivity contribution in [3.8, 4) is 0 Å². The molecular weight excluding hydrogens is 194 g/mol. The van der Waals surface area contributed by atoms with Crippen molar-refractivity contribution in [3.05, 3.63) is 0 Å². The summed E-state index contributed by atoms with van der Waals surface area (Å²) < 4.78 is 10.5. The lowest BCUT2D eigenvalue weighted by atomic mass is 10.2. The summed E-state index contributed by atoms with van der Waals surface area (Å²) in [5.74, 6) is -0.148. The molecule has 1 rings (SSSR count). The topological polar surface area (TPSA) is 47.6 Å². The highest BCUT2D eigenvalue weighted by Crippen LogP contribution is 2.08. The van der Waals surface area contributed by atoms with Crippen LogP contribution in [0, 0.1) is 0 Å². The highest BCUT2D eigenvalue weighted by Gasteiger charge is 2.23. The predicted octanol–water partition coefficient (Wildman–Crippen LogP) is 1.10. The first-order chi connectivity index (χ1) is 6.99. The largest absolute Gasteiger partial charge is 0.462 e. The SMILES string of the molecule is CC(C)(C)OCCOC(=O)[C@@H]1CCCN1. The van der Waals surface area contributed by atoms with E-state index in [1.165, 1.54) is 0 Å². The molecule has 0 aromatic rings. The van der Waals surface area contributed by atoms with Crippen molar-refractivity contribution in [2.24, 2.45) is 0 Å². The Kier molecular flexibility index (Phi) is 4.54. The minimum Gasteiger partial charge on any atom is -0.462 e. The number of nitrogens with one attached hydrogen (secondary N) is 1. The van der Waals surface area contributed by atoms with Crippen molar-refractivity contribution in [1.82, 2.24) is 5.32 Å². The number of carbonyl (C=O) groups excluding carboxylic acids is 1. The van der Waals surface area contributed by atoms with Crippen molar-refractivity contribution in [1.29, 1.82) is 0 Å². The van der Waals surface area contributed by atoms with Gasteiger partial charge in [0, 0.05) is 0 Å². The lowest BCUT2D eigenvalue weighted by molar-refractivity contribution is -0.148. The third-order valence-electron chi connectivity index (χ3n) is 2.21. The third kappa shape index (κ3) is 5.14. The van der Waals surface area contributed by atoms with Crippen LogP contribution in [0.4, 0.5) is 0 Å². The summed E-state index contributed by atoms with van der Waals surface area (Å²) in [6.45, 7) is 7.66. The predicted molar refractivity (Wildman–Crippen MR) is 57.7 cm³/mol. The smallest absolute Gasteiger partial charge is 0.323 e. The first-order valence-electron chi connectivity index (χ1n) is 5.53. The number of rotatable bonds is 4. The lowest BCUT2D eigenvalue weighted by Crippen LogP contribution is -2.33. The van der Waals surface area contributed by atoms with E-state index in [9.17, 15) is 4.79 Å². The summed E-state index contributed by atoms with van der Waals surface area (Å²) in [4.78, 5) is 11.4. The molecule has 0 amide bonds. The Morgan fingerprint density at radius 3 is 2.67 bits per heavy atom. The number of hydrogen-bond acceptors (Lipinski definition) is 4. The molecule has 0 spiro atoms. The first kappa shape index (κ1) is 12.5. The van der Waals surface area contributed by atoms with Gasteiger partial charge in [0.1, 0.15) is 12.6 Å². The molecule has 0 aliphatic carbocycles. The average molecular weight is 215 g/mol. The maximum absolute atomic E-state index is 11.4. The zero-order valence-electron chi connectivity index (χ0n) is 9.84. The second kappa shape index (κ2) is 5.47. The molecule has 1 fully saturated rings. The standard InChI is InChI=1S/C11H21NO3/c1-11(2,3)15-8-7-14-10(13)9-5-4-6-12-9/h9,12H,4-8H2,1-3H3/t9-/m0/s1. The van der Waals surface area contributed by atoms with Crippen LogP contribution in [-0.4, -0.2) is 37.4 Å². The van der Waals surface area contributed by atoms with E-state index in [1.54, 1.807) is 0 Å². The van der Waals surface area contributed by atoms with Gasteiger partial charge in [0.05, 0.1) is 12.2 Å². The van der Waals surface area contributed by atoms with Gasteiger partial charge in [-0.25, -0.2) is 0 Å². The van der Waals surface area contributed by atoms with Gasteiger partial charge in [-0.1, -0.05) is 0 Å². The van der Waals surface area contributed by atoms with Gasteiger partial charge in [0.2, 0.25) is 0 Å². The molecule has 4 heteroatoms. The molecule has 0 aromatic heterocycles. The van der Waals surface area contributed by atoms with Crippen LogP contribution in [0.2, 0.25) is 0 Å². The molecule has 1 saturated heterocycles. The second-order valence-electron chi connectivity index (χ2n) is 4.78. The van der Waals surface area contributed by atoms with Crippen molar-refractivity contribution in [3.63, 3.8) is 0 Å². The van der Waals surface area contributed by atoms with Crippen molar-refractivity contribution in [2.45, 2.75) is 45.3 Å². The summed E-state index contributed by atoms with van der Waals surface area (Å²) in [5, 5.41) is 3.10. The Morgan fingerprint density at radius 1 is 1.40 bits per heavy atom. The highest BCUT2D eigenvalue weighted by molar-refractivity contribution is 5.76. The molecule has 4 nitrogen and oxygen atoms in total. The van der Waals surface area contributed by atoms with E-state index in [1.807, 2.05) is 20.8 Å². The van der Waals surface area contributed by atoms with Gasteiger partial charge < -0.3 is 14.8 Å². The van der Waals surface area contributed by atoms with Crippen LogP contribution in [-0.2, 0) is 14.3 Å². The fourth-order valence-corrected chi connectivity index (χ4v) is 1.48. The van der Waals surface area contributed by atoms with Crippen LogP contribution in [0.15, 0.2) is 0 Å². The van der Waals surface area contributed by atoms with Crippen LogP contribution in [0.25, 0.3) is 0 Å². The van der Waals surface area contributed by atoms with E-state index in [0.717, 1.165) is 19.4 Å². The van der Waals surface area contributed by atoms with Gasteiger partial charge in [-0.05, 0) is 40.2 Å². The molecule has 0 bridgehead atoms. The van der Waals surface area contributed by atoms with Crippen LogP contribution in [0.5, 0.6) is 0 Å². The third-order valence-corrected chi connectivity index (χ3v) is 2.21. The van der Waals surface area contributed by atoms with Crippen LogP contribution in [0.3, 0.4) is 0 Å². The fourth-order valence-electron chi connectivity index (χ4n) is 1.48. The second-order valence-corrected chi connectivity index (χ2v) is 4.78. The zero-order chi connectivity index (χ0) is 11.3. The summed E-state index contributed by atoms with van der Waals surface area (Å²) in [5.41, 5.74) is -0.169. The summed E-state index contributed by atoms with van der Waals surface area (Å²) in [6.07, 6.45) is 1.94. The quantitative estimate of drug-likeness (QED) is 0.563. The molecule has 0 unspecified atom stereocenters. The van der Waals surface area contributed by atoms with Crippen molar-refractivity contribution < 1.29 is 14.3 Å². The Balaban J connectivity index is 2.07. The Hall–Kier alpha value is -0.610. The minimum atomic E-state index is -0.169. The molecule has 88 valence electrons. The van der Waals surface area contributed by atoms with E-state index in [-0.39, 0.29) is 17.6 Å². The van der Waals surface area contributed by atoms with E-state index in [0.29, 0.717) is 13.2 Å². The summed E-state index contributed by atoms with van der Waals surface area (Å²) in [6, 6.07) is -0.0976. The number of hydrogen-bond donors (Lipinski definition) is 1. The minimum absolute atomic E-state index is 0.0976. The van der Waals surface area contributed by atoms with Crippen LogP contribution < -0.4 is 5.32 Å². The first-order valence-corrected chi connectivity index (χ1v) is 5.53. The van der Waals surface area contributed by atoms with E-state index in [4.69, 9.17) is 9.47 Å². The monoisotopic (exact) mass is 215 g/mol. The van der Waals surface area contributed by atoms with Gasteiger partial charge in [-0.2, -0.15) is 0 Å². The molecule has 1 heterocycles. The maximum Gasteiger partial charge on any atom is 0.323 e. The van der Waals surface area contributed by atoms with Crippen LogP contribution in [0.1, 0.15) is 33.6 Å². The average Bonchev–Trinajstić information content (AvgIpc) is 2.63. The molecular formula is C11H21NO3. The highest BCUT2D eigenvalue weighted by atomic mass is 16.6. The molecule has 15 heavy (non-hydrogen) atoms. The van der Waals surface area contributed by atoms with Gasteiger partial charge in [-0.3, -0.25) is 4.79 Å². The fraction of sp³-hybridized carbons (Fsp3) is 0.909. The molecule has 1 aliphatic heterocycles. The van der Waals surface area contributed by atoms with Crippen molar-refractivity contribution >= 4 is 5.97 Å². The molecule has 1 N–H and O–H groups in total. The van der Waals surface area contributed by atoms with Gasteiger partial charge >= 0.3 is 5.97 Å². The van der Waals surface area contributed by atoms with E-state index < -0.39 is 0 Å². The summed E-state index contributed by atoms with van der Waals surface area (Å²) >= 11 is 0. The summed E-state index contributed by atoms with van der Waals surface area (Å²) in [7, 11) is 0. The number of esters is 1. The van der Waals surface area contributed by atoms with Gasteiger partial charge in [-0.15, -0.1) is 0 Å². The Labute approximate surface area is 91.3 Å². The van der Waals surface area contributed by atoms with Gasteiger partial charge in [0.25, 0.3) is 0 Å². The molecule has 0 aromatic carbocycles. The van der Waals surface area contributed by atoms with Crippen LogP contribution >= 0.6 is 0 Å².